The van der Waals surface area contributed by atoms with Gasteiger partial charge in [-0.25, -0.2) is 0 Å². The summed E-state index contributed by atoms with van der Waals surface area (Å²) in [5.74, 6) is 0.529. The van der Waals surface area contributed by atoms with Crippen molar-refractivity contribution in [3.63, 3.8) is 0 Å². The van der Waals surface area contributed by atoms with Crippen LogP contribution in [-0.2, 0) is 4.43 Å². The second-order valence-electron chi connectivity index (χ2n) is 8.32. The maximum atomic E-state index is 10.5. The first kappa shape index (κ1) is 20.9. The van der Waals surface area contributed by atoms with E-state index in [0.717, 1.165) is 12.0 Å². The molecule has 0 aromatic rings. The Morgan fingerprint density at radius 1 is 1.19 bits per heavy atom. The van der Waals surface area contributed by atoms with E-state index in [1.807, 2.05) is 0 Å². The highest BCUT2D eigenvalue weighted by atomic mass is 28.4. The number of hydrogen-bond donors (Lipinski definition) is 1. The summed E-state index contributed by atoms with van der Waals surface area (Å²) in [4.78, 5) is 0. The van der Waals surface area contributed by atoms with E-state index in [9.17, 15) is 5.11 Å². The van der Waals surface area contributed by atoms with Gasteiger partial charge in [0.25, 0.3) is 0 Å². The molecule has 0 saturated carbocycles. The van der Waals surface area contributed by atoms with E-state index in [4.69, 9.17) is 4.43 Å². The maximum absolute atomic E-state index is 10.5. The lowest BCUT2D eigenvalue weighted by Gasteiger charge is -2.43. The smallest absolute Gasteiger partial charge is 0.192 e. The molecule has 126 valence electrons. The predicted octanol–water partition coefficient (Wildman–Crippen LogP) is 5.39. The van der Waals surface area contributed by atoms with Gasteiger partial charge < -0.3 is 9.53 Å². The molecule has 0 heterocycles. The average molecular weight is 315 g/mol. The summed E-state index contributed by atoms with van der Waals surface area (Å²) in [7, 11) is -1.82. The molecule has 0 aliphatic heterocycles. The van der Waals surface area contributed by atoms with Crippen LogP contribution in [0.15, 0.2) is 12.2 Å². The Bertz CT molecular complexity index is 329. The Balaban J connectivity index is 5.03. The number of aliphatic hydroxyl groups excluding tert-OH is 1. The van der Waals surface area contributed by atoms with Crippen LogP contribution in [0.3, 0.4) is 0 Å². The van der Waals surface area contributed by atoms with Crippen molar-refractivity contribution in [3.8, 4) is 0 Å². The second kappa shape index (κ2) is 7.93. The summed E-state index contributed by atoms with van der Waals surface area (Å²) in [5, 5.41) is 10.7. The van der Waals surface area contributed by atoms with Gasteiger partial charge in [0.05, 0.1) is 12.2 Å². The van der Waals surface area contributed by atoms with Crippen LogP contribution in [0.25, 0.3) is 0 Å². The molecule has 0 aliphatic carbocycles. The molecule has 0 rings (SSSR count). The molecule has 0 amide bonds. The Hall–Kier alpha value is -0.123. The Labute approximate surface area is 134 Å². The monoisotopic (exact) mass is 314 g/mol. The van der Waals surface area contributed by atoms with Crippen molar-refractivity contribution < 1.29 is 9.53 Å². The van der Waals surface area contributed by atoms with Crippen LogP contribution < -0.4 is 0 Å². The molecule has 0 unspecified atom stereocenters. The zero-order valence-corrected chi connectivity index (χ0v) is 16.8. The number of rotatable bonds is 8. The molecule has 3 atom stereocenters. The first-order chi connectivity index (χ1) is 9.33. The minimum Gasteiger partial charge on any atom is -0.413 e. The maximum Gasteiger partial charge on any atom is 0.192 e. The highest BCUT2D eigenvalue weighted by molar-refractivity contribution is 6.74. The van der Waals surface area contributed by atoms with Crippen LogP contribution in [-0.4, -0.2) is 25.6 Å². The minimum absolute atomic E-state index is 0.102. The van der Waals surface area contributed by atoms with Gasteiger partial charge in [-0.15, -0.1) is 0 Å². The molecule has 21 heavy (non-hydrogen) atoms. The van der Waals surface area contributed by atoms with Gasteiger partial charge in [-0.05, 0) is 36.9 Å². The average Bonchev–Trinajstić information content (AvgIpc) is 2.33. The van der Waals surface area contributed by atoms with Crippen molar-refractivity contribution in [2.75, 3.05) is 0 Å². The highest BCUT2D eigenvalue weighted by Gasteiger charge is 2.41. The third kappa shape index (κ3) is 6.25. The van der Waals surface area contributed by atoms with Crippen LogP contribution >= 0.6 is 0 Å². The van der Waals surface area contributed by atoms with Gasteiger partial charge in [0.15, 0.2) is 8.32 Å². The topological polar surface area (TPSA) is 29.5 Å². The summed E-state index contributed by atoms with van der Waals surface area (Å²) in [6.07, 6.45) is 1.35. The van der Waals surface area contributed by atoms with E-state index in [1.165, 1.54) is 0 Å². The van der Waals surface area contributed by atoms with Gasteiger partial charge in [-0.2, -0.15) is 0 Å². The lowest BCUT2D eigenvalue weighted by Crippen LogP contribution is -2.48. The zero-order valence-electron chi connectivity index (χ0n) is 15.8. The predicted molar refractivity (Wildman–Crippen MR) is 96.1 cm³/mol. The van der Waals surface area contributed by atoms with Gasteiger partial charge in [0, 0.05) is 5.92 Å². The highest BCUT2D eigenvalue weighted by Crippen LogP contribution is 2.39. The van der Waals surface area contributed by atoms with E-state index in [0.29, 0.717) is 12.3 Å². The fourth-order valence-corrected chi connectivity index (χ4v) is 3.73. The molecule has 0 bridgehead atoms. The zero-order chi connectivity index (χ0) is 17.0. The van der Waals surface area contributed by atoms with Crippen molar-refractivity contribution in [2.45, 2.75) is 91.6 Å². The molecule has 0 aromatic heterocycles. The first-order valence-corrected chi connectivity index (χ1v) is 11.3. The Morgan fingerprint density at radius 2 is 1.67 bits per heavy atom. The standard InChI is InChI=1S/C18H38O2Si/c1-11-14(4)12-16(19)15(5)17(13(2)3)20-21(9,10)18(6,7)8/h13,15-17,19H,4,11-12H2,1-3,5-10H3/t15-,16+,17+/m0/s1. The summed E-state index contributed by atoms with van der Waals surface area (Å²) in [6, 6.07) is 0. The Kier molecular flexibility index (Phi) is 7.89. The van der Waals surface area contributed by atoms with Crippen molar-refractivity contribution in [3.05, 3.63) is 12.2 Å². The first-order valence-electron chi connectivity index (χ1n) is 8.36. The van der Waals surface area contributed by atoms with Gasteiger partial charge in [-0.3, -0.25) is 0 Å². The molecular formula is C18H38O2Si. The van der Waals surface area contributed by atoms with Crippen molar-refractivity contribution in [1.29, 1.82) is 0 Å². The van der Waals surface area contributed by atoms with E-state index in [1.54, 1.807) is 0 Å². The van der Waals surface area contributed by atoms with Crippen molar-refractivity contribution in [2.24, 2.45) is 11.8 Å². The molecule has 0 aliphatic rings. The van der Waals surface area contributed by atoms with Crippen molar-refractivity contribution >= 4 is 8.32 Å². The van der Waals surface area contributed by atoms with E-state index in [2.05, 4.69) is 68.1 Å². The van der Waals surface area contributed by atoms with E-state index in [-0.39, 0.29) is 23.2 Å². The largest absolute Gasteiger partial charge is 0.413 e. The third-order valence-corrected chi connectivity index (χ3v) is 9.49. The van der Waals surface area contributed by atoms with E-state index >= 15 is 0 Å². The number of aliphatic hydroxyl groups is 1. The van der Waals surface area contributed by atoms with Gasteiger partial charge >= 0.3 is 0 Å². The second-order valence-corrected chi connectivity index (χ2v) is 13.1. The summed E-state index contributed by atoms with van der Waals surface area (Å²) < 4.78 is 6.61. The molecule has 0 aromatic carbocycles. The van der Waals surface area contributed by atoms with Crippen LogP contribution in [0, 0.1) is 11.8 Å². The molecule has 0 saturated heterocycles. The summed E-state index contributed by atoms with van der Waals surface area (Å²) in [6.45, 7) is 24.0. The van der Waals surface area contributed by atoms with Gasteiger partial charge in [-0.1, -0.05) is 60.6 Å². The normalized spacial score (nSPS) is 17.7. The molecule has 0 spiro atoms. The molecule has 3 heteroatoms. The quantitative estimate of drug-likeness (QED) is 0.481. The van der Waals surface area contributed by atoms with Gasteiger partial charge in [0.1, 0.15) is 0 Å². The summed E-state index contributed by atoms with van der Waals surface area (Å²) in [5.41, 5.74) is 1.11. The molecule has 2 nitrogen and oxygen atoms in total. The molecule has 1 N–H and O–H groups in total. The fourth-order valence-electron chi connectivity index (χ4n) is 2.21. The lowest BCUT2D eigenvalue weighted by atomic mass is 9.87. The van der Waals surface area contributed by atoms with Crippen LogP contribution in [0.4, 0.5) is 0 Å². The minimum atomic E-state index is -1.82. The van der Waals surface area contributed by atoms with E-state index < -0.39 is 8.32 Å². The van der Waals surface area contributed by atoms with Crippen LogP contribution in [0.5, 0.6) is 0 Å². The molecule has 0 fully saturated rings. The summed E-state index contributed by atoms with van der Waals surface area (Å²) >= 11 is 0. The fraction of sp³-hybridized carbons (Fsp3) is 0.889. The Morgan fingerprint density at radius 3 is 2.00 bits per heavy atom. The molecule has 0 radical (unpaired) electrons. The SMILES string of the molecule is C=C(CC)C[C@@H](O)[C@H](C)[C@H](O[Si](C)(C)C(C)(C)C)C(C)C. The van der Waals surface area contributed by atoms with Crippen LogP contribution in [0.2, 0.25) is 18.1 Å². The third-order valence-electron chi connectivity index (χ3n) is 5.02. The number of hydrogen-bond acceptors (Lipinski definition) is 2. The van der Waals surface area contributed by atoms with Crippen molar-refractivity contribution in [1.82, 2.24) is 0 Å². The van der Waals surface area contributed by atoms with Gasteiger partial charge in [0.2, 0.25) is 0 Å². The van der Waals surface area contributed by atoms with Crippen LogP contribution in [0.1, 0.15) is 61.3 Å². The lowest BCUT2D eigenvalue weighted by molar-refractivity contribution is 0.00558. The molecular weight excluding hydrogens is 276 g/mol.